The molecule has 1 aliphatic heterocycles. The SMILES string of the molecule is COC(=O)C1CC(NC(=O)C(C)(C)C)CN(CC(=O)O)C1. The van der Waals surface area contributed by atoms with E-state index in [1.54, 1.807) is 25.7 Å². The minimum absolute atomic E-state index is 0.117. The molecule has 1 amide bonds. The summed E-state index contributed by atoms with van der Waals surface area (Å²) < 4.78 is 4.74. The summed E-state index contributed by atoms with van der Waals surface area (Å²) in [6.07, 6.45) is 0.463. The van der Waals surface area contributed by atoms with Gasteiger partial charge in [-0.15, -0.1) is 0 Å². The van der Waals surface area contributed by atoms with Crippen molar-refractivity contribution in [3.63, 3.8) is 0 Å². The van der Waals surface area contributed by atoms with E-state index in [-0.39, 0.29) is 24.5 Å². The van der Waals surface area contributed by atoms with E-state index in [9.17, 15) is 14.4 Å². The first-order valence-electron chi connectivity index (χ1n) is 6.96. The maximum absolute atomic E-state index is 12.0. The van der Waals surface area contributed by atoms with Crippen molar-refractivity contribution in [2.45, 2.75) is 33.2 Å². The average Bonchev–Trinajstić information content (AvgIpc) is 2.35. The standard InChI is InChI=1S/C14H24N2O5/c1-14(2,3)13(20)15-10-5-9(12(19)21-4)6-16(7-10)8-11(17)18/h9-10H,5-8H2,1-4H3,(H,15,20)(H,17,18). The van der Waals surface area contributed by atoms with Gasteiger partial charge in [0.2, 0.25) is 5.91 Å². The molecule has 0 radical (unpaired) electrons. The summed E-state index contributed by atoms with van der Waals surface area (Å²) in [5, 5.41) is 11.8. The molecule has 0 spiro atoms. The van der Waals surface area contributed by atoms with Gasteiger partial charge in [0.15, 0.2) is 0 Å². The van der Waals surface area contributed by atoms with Crippen LogP contribution >= 0.6 is 0 Å². The van der Waals surface area contributed by atoms with E-state index in [1.165, 1.54) is 7.11 Å². The molecule has 0 aromatic heterocycles. The first-order valence-corrected chi connectivity index (χ1v) is 6.96. The Balaban J connectivity index is 2.75. The van der Waals surface area contributed by atoms with Crippen LogP contribution in [0.1, 0.15) is 27.2 Å². The fourth-order valence-electron chi connectivity index (χ4n) is 2.35. The first kappa shape index (κ1) is 17.4. The molecule has 1 rings (SSSR count). The highest BCUT2D eigenvalue weighted by atomic mass is 16.5. The van der Waals surface area contributed by atoms with Gasteiger partial charge in [-0.1, -0.05) is 20.8 Å². The number of rotatable bonds is 4. The van der Waals surface area contributed by atoms with Gasteiger partial charge in [0.1, 0.15) is 0 Å². The molecule has 120 valence electrons. The fraction of sp³-hybridized carbons (Fsp3) is 0.786. The van der Waals surface area contributed by atoms with Crippen LogP contribution < -0.4 is 5.32 Å². The molecule has 1 heterocycles. The number of amides is 1. The number of hydrogen-bond acceptors (Lipinski definition) is 5. The number of esters is 1. The molecule has 2 N–H and O–H groups in total. The van der Waals surface area contributed by atoms with Crippen molar-refractivity contribution in [3.05, 3.63) is 0 Å². The number of carboxylic acid groups (broad SMARTS) is 1. The quantitative estimate of drug-likeness (QED) is 0.715. The van der Waals surface area contributed by atoms with Crippen LogP contribution in [-0.4, -0.2) is 60.6 Å². The fourth-order valence-corrected chi connectivity index (χ4v) is 2.35. The molecule has 0 saturated carbocycles. The van der Waals surface area contributed by atoms with Gasteiger partial charge < -0.3 is 15.2 Å². The number of carboxylic acids is 1. The minimum atomic E-state index is -0.957. The van der Waals surface area contributed by atoms with Gasteiger partial charge in [-0.25, -0.2) is 0 Å². The van der Waals surface area contributed by atoms with Crippen LogP contribution in [0.15, 0.2) is 0 Å². The lowest BCUT2D eigenvalue weighted by molar-refractivity contribution is -0.150. The van der Waals surface area contributed by atoms with Crippen LogP contribution in [0, 0.1) is 11.3 Å². The Morgan fingerprint density at radius 3 is 2.38 bits per heavy atom. The highest BCUT2D eigenvalue weighted by Crippen LogP contribution is 2.20. The molecular weight excluding hydrogens is 276 g/mol. The summed E-state index contributed by atoms with van der Waals surface area (Å²) in [6, 6.07) is -0.256. The molecule has 7 nitrogen and oxygen atoms in total. The van der Waals surface area contributed by atoms with E-state index >= 15 is 0 Å². The average molecular weight is 300 g/mol. The highest BCUT2D eigenvalue weighted by molar-refractivity contribution is 5.82. The zero-order chi connectivity index (χ0) is 16.2. The van der Waals surface area contributed by atoms with Gasteiger partial charge in [0.25, 0.3) is 0 Å². The molecule has 0 aromatic carbocycles. The van der Waals surface area contributed by atoms with Crippen molar-refractivity contribution >= 4 is 17.8 Å². The van der Waals surface area contributed by atoms with Crippen molar-refractivity contribution in [2.24, 2.45) is 11.3 Å². The number of aliphatic carboxylic acids is 1. The largest absolute Gasteiger partial charge is 0.480 e. The van der Waals surface area contributed by atoms with Crippen molar-refractivity contribution in [1.82, 2.24) is 10.2 Å². The summed E-state index contributed by atoms with van der Waals surface area (Å²) in [6.45, 7) is 6.01. The normalized spacial score (nSPS) is 23.4. The van der Waals surface area contributed by atoms with Crippen LogP contribution in [0.25, 0.3) is 0 Å². The number of methoxy groups -OCH3 is 1. The van der Waals surface area contributed by atoms with Crippen LogP contribution in [0.4, 0.5) is 0 Å². The lowest BCUT2D eigenvalue weighted by atomic mass is 9.91. The van der Waals surface area contributed by atoms with Crippen molar-refractivity contribution in [1.29, 1.82) is 0 Å². The Labute approximate surface area is 124 Å². The molecule has 2 atom stereocenters. The zero-order valence-electron chi connectivity index (χ0n) is 13.0. The summed E-state index contributed by atoms with van der Waals surface area (Å²) in [4.78, 5) is 36.3. The summed E-state index contributed by atoms with van der Waals surface area (Å²) >= 11 is 0. The summed E-state index contributed by atoms with van der Waals surface area (Å²) in [5.74, 6) is -1.87. The minimum Gasteiger partial charge on any atom is -0.480 e. The Bertz CT molecular complexity index is 416. The second-order valence-electron chi connectivity index (χ2n) is 6.46. The predicted octanol–water partition coefficient (Wildman–Crippen LogP) is 0.0968. The van der Waals surface area contributed by atoms with E-state index in [0.29, 0.717) is 19.5 Å². The van der Waals surface area contributed by atoms with Crippen molar-refractivity contribution in [2.75, 3.05) is 26.7 Å². The number of likely N-dealkylation sites (tertiary alicyclic amines) is 1. The summed E-state index contributed by atoms with van der Waals surface area (Å²) in [5.41, 5.74) is -0.532. The van der Waals surface area contributed by atoms with Gasteiger partial charge in [0, 0.05) is 24.5 Å². The molecule has 1 fully saturated rings. The molecule has 7 heteroatoms. The third-order valence-corrected chi connectivity index (χ3v) is 3.44. The Morgan fingerprint density at radius 1 is 1.29 bits per heavy atom. The number of ether oxygens (including phenoxy) is 1. The lowest BCUT2D eigenvalue weighted by Gasteiger charge is -2.37. The second-order valence-corrected chi connectivity index (χ2v) is 6.46. The Morgan fingerprint density at radius 2 is 1.90 bits per heavy atom. The monoisotopic (exact) mass is 300 g/mol. The van der Waals surface area contributed by atoms with E-state index < -0.39 is 17.3 Å². The van der Waals surface area contributed by atoms with Crippen molar-refractivity contribution < 1.29 is 24.2 Å². The third kappa shape index (κ3) is 5.34. The first-order chi connectivity index (χ1) is 9.63. The molecular formula is C14H24N2O5. The van der Waals surface area contributed by atoms with Gasteiger partial charge >= 0.3 is 11.9 Å². The van der Waals surface area contributed by atoms with Crippen LogP contribution in [-0.2, 0) is 19.1 Å². The molecule has 21 heavy (non-hydrogen) atoms. The number of carbonyl (C=O) groups excluding carboxylic acids is 2. The van der Waals surface area contributed by atoms with Crippen molar-refractivity contribution in [3.8, 4) is 0 Å². The second kappa shape index (κ2) is 6.89. The van der Waals surface area contributed by atoms with E-state index in [4.69, 9.17) is 9.84 Å². The molecule has 2 unspecified atom stereocenters. The number of piperidine rings is 1. The molecule has 0 aliphatic carbocycles. The van der Waals surface area contributed by atoms with E-state index in [1.807, 2.05) is 0 Å². The molecule has 0 aromatic rings. The van der Waals surface area contributed by atoms with Gasteiger partial charge in [0.05, 0.1) is 19.6 Å². The summed E-state index contributed by atoms with van der Waals surface area (Å²) in [7, 11) is 1.31. The lowest BCUT2D eigenvalue weighted by Crippen LogP contribution is -2.55. The Hall–Kier alpha value is -1.63. The smallest absolute Gasteiger partial charge is 0.317 e. The Kier molecular flexibility index (Phi) is 5.71. The maximum atomic E-state index is 12.0. The predicted molar refractivity (Wildman–Crippen MR) is 75.6 cm³/mol. The van der Waals surface area contributed by atoms with E-state index in [2.05, 4.69) is 5.32 Å². The highest BCUT2D eigenvalue weighted by Gasteiger charge is 2.35. The van der Waals surface area contributed by atoms with Gasteiger partial charge in [-0.3, -0.25) is 19.3 Å². The van der Waals surface area contributed by atoms with Crippen LogP contribution in [0.2, 0.25) is 0 Å². The van der Waals surface area contributed by atoms with E-state index in [0.717, 1.165) is 0 Å². The molecule has 1 saturated heterocycles. The topological polar surface area (TPSA) is 95.9 Å². The maximum Gasteiger partial charge on any atom is 0.317 e. The van der Waals surface area contributed by atoms with Gasteiger partial charge in [-0.2, -0.15) is 0 Å². The molecule has 0 bridgehead atoms. The van der Waals surface area contributed by atoms with Crippen LogP contribution in [0.3, 0.4) is 0 Å². The van der Waals surface area contributed by atoms with Gasteiger partial charge in [-0.05, 0) is 6.42 Å². The number of carbonyl (C=O) groups is 3. The number of nitrogens with one attached hydrogen (secondary N) is 1. The molecule has 1 aliphatic rings. The number of hydrogen-bond donors (Lipinski definition) is 2. The number of nitrogens with zero attached hydrogens (tertiary/aromatic N) is 1. The zero-order valence-corrected chi connectivity index (χ0v) is 13.0. The van der Waals surface area contributed by atoms with Crippen LogP contribution in [0.5, 0.6) is 0 Å². The third-order valence-electron chi connectivity index (χ3n) is 3.44.